The number of carbonyl (C=O) groups excluding carboxylic acids is 1. The summed E-state index contributed by atoms with van der Waals surface area (Å²) in [5.74, 6) is 0.0650. The van der Waals surface area contributed by atoms with E-state index in [1.165, 1.54) is 16.7 Å². The normalized spacial score (nSPS) is 12.7. The fourth-order valence-corrected chi connectivity index (χ4v) is 4.35. The van der Waals surface area contributed by atoms with Crippen molar-refractivity contribution in [2.24, 2.45) is 5.92 Å². The molecule has 2 atom stereocenters. The molecule has 0 aliphatic rings. The second kappa shape index (κ2) is 12.2. The van der Waals surface area contributed by atoms with Crippen LogP contribution in [0, 0.1) is 5.92 Å². The molecule has 3 N–H and O–H groups in total. The van der Waals surface area contributed by atoms with Crippen LogP contribution in [-0.2, 0) is 4.79 Å². The molecule has 0 amide bonds. The smallest absolute Gasteiger partial charge is 0.313 e. The van der Waals surface area contributed by atoms with Gasteiger partial charge in [-0.25, -0.2) is 0 Å². The summed E-state index contributed by atoms with van der Waals surface area (Å²) in [5, 5.41) is 21.4. The van der Waals surface area contributed by atoms with E-state index in [1.807, 2.05) is 19.1 Å². The SMILES string of the molecule is CC(C)C(=O)Oc1ccc(C(O)C(C)[NH2+]CC=C(c2ccsc2)c2ccsc2)cc1.[Cl-]. The highest BCUT2D eigenvalue weighted by Crippen LogP contribution is 2.26. The molecule has 3 aromatic rings. The van der Waals surface area contributed by atoms with E-state index in [0.717, 1.165) is 12.1 Å². The molecule has 2 unspecified atom stereocenters. The van der Waals surface area contributed by atoms with Crippen molar-refractivity contribution in [3.05, 3.63) is 80.7 Å². The Morgan fingerprint density at radius 1 is 1.03 bits per heavy atom. The number of halogens is 1. The van der Waals surface area contributed by atoms with Gasteiger partial charge in [0.05, 0.1) is 12.5 Å². The Morgan fingerprint density at radius 2 is 1.61 bits per heavy atom. The van der Waals surface area contributed by atoms with Crippen LogP contribution >= 0.6 is 22.7 Å². The third kappa shape index (κ3) is 7.02. The van der Waals surface area contributed by atoms with E-state index in [2.05, 4.69) is 45.0 Å². The Hall–Kier alpha value is -1.96. The summed E-state index contributed by atoms with van der Waals surface area (Å²) in [5.41, 5.74) is 4.49. The number of hydrogen-bond donors (Lipinski definition) is 2. The van der Waals surface area contributed by atoms with Gasteiger partial charge in [-0.2, -0.15) is 22.7 Å². The van der Waals surface area contributed by atoms with Crippen molar-refractivity contribution in [3.8, 4) is 5.75 Å². The molecule has 2 aromatic heterocycles. The summed E-state index contributed by atoms with van der Waals surface area (Å²) >= 11 is 3.39. The molecule has 31 heavy (non-hydrogen) atoms. The van der Waals surface area contributed by atoms with Crippen LogP contribution in [-0.4, -0.2) is 23.7 Å². The van der Waals surface area contributed by atoms with Crippen LogP contribution in [0.5, 0.6) is 5.75 Å². The van der Waals surface area contributed by atoms with Gasteiger partial charge in [0, 0.05) is 0 Å². The second-order valence-corrected chi connectivity index (χ2v) is 9.12. The third-order valence-electron chi connectivity index (χ3n) is 4.90. The molecule has 1 aromatic carbocycles. The summed E-state index contributed by atoms with van der Waals surface area (Å²) in [6.07, 6.45) is 1.61. The van der Waals surface area contributed by atoms with E-state index in [-0.39, 0.29) is 30.3 Å². The van der Waals surface area contributed by atoms with E-state index in [4.69, 9.17) is 4.74 Å². The predicted molar refractivity (Wildman–Crippen MR) is 124 cm³/mol. The number of quaternary nitrogens is 1. The molecule has 0 saturated carbocycles. The zero-order valence-corrected chi connectivity index (χ0v) is 20.2. The van der Waals surface area contributed by atoms with Crippen LogP contribution in [0.4, 0.5) is 0 Å². The molecule has 7 heteroatoms. The molecule has 0 saturated heterocycles. The van der Waals surface area contributed by atoms with E-state index < -0.39 is 6.10 Å². The number of aliphatic hydroxyl groups excluding tert-OH is 1. The van der Waals surface area contributed by atoms with Crippen molar-refractivity contribution >= 4 is 34.2 Å². The molecule has 0 spiro atoms. The number of nitrogens with two attached hydrogens (primary N) is 1. The van der Waals surface area contributed by atoms with Crippen molar-refractivity contribution < 1.29 is 32.4 Å². The van der Waals surface area contributed by atoms with Crippen LogP contribution in [0.15, 0.2) is 64.0 Å². The maximum Gasteiger partial charge on any atom is 0.313 e. The molecular formula is C24H28ClNO3S2. The van der Waals surface area contributed by atoms with Gasteiger partial charge in [-0.15, -0.1) is 0 Å². The van der Waals surface area contributed by atoms with E-state index in [9.17, 15) is 9.90 Å². The van der Waals surface area contributed by atoms with Crippen LogP contribution in [0.25, 0.3) is 5.57 Å². The first-order valence-electron chi connectivity index (χ1n) is 10.0. The minimum Gasteiger partial charge on any atom is -1.00 e. The Kier molecular flexibility index (Phi) is 9.93. The third-order valence-corrected chi connectivity index (χ3v) is 6.27. The van der Waals surface area contributed by atoms with Gasteiger partial charge in [0.2, 0.25) is 0 Å². The number of carbonyl (C=O) groups is 1. The number of hydrogen-bond acceptors (Lipinski definition) is 5. The number of esters is 1. The van der Waals surface area contributed by atoms with Crippen LogP contribution in [0.2, 0.25) is 0 Å². The van der Waals surface area contributed by atoms with Crippen molar-refractivity contribution in [1.29, 1.82) is 0 Å². The minimum atomic E-state index is -0.612. The number of aliphatic hydroxyl groups is 1. The number of thiophene rings is 2. The van der Waals surface area contributed by atoms with Gasteiger partial charge in [-0.1, -0.05) is 26.0 Å². The summed E-state index contributed by atoms with van der Waals surface area (Å²) in [6.45, 7) is 6.38. The zero-order valence-electron chi connectivity index (χ0n) is 17.8. The van der Waals surface area contributed by atoms with Gasteiger partial charge < -0.3 is 27.6 Å². The minimum absolute atomic E-state index is 0. The molecule has 3 rings (SSSR count). The number of rotatable bonds is 9. The van der Waals surface area contributed by atoms with Crippen molar-refractivity contribution in [2.45, 2.75) is 32.9 Å². The summed E-state index contributed by atoms with van der Waals surface area (Å²) in [7, 11) is 0. The van der Waals surface area contributed by atoms with E-state index in [0.29, 0.717) is 5.75 Å². The number of benzene rings is 1. The standard InChI is InChI=1S/C24H27NO3S2.ClH/c1-16(2)24(27)28-21-6-4-18(5-7-21)23(26)17(3)25-11-8-22(19-9-12-29-14-19)20-10-13-30-15-20;/h4-10,12-17,23,25-26H,11H2,1-3H3;1H. The first-order chi connectivity index (χ1) is 14.5. The van der Waals surface area contributed by atoms with Gasteiger partial charge in [-0.05, 0) is 81.0 Å². The van der Waals surface area contributed by atoms with E-state index in [1.54, 1.807) is 48.7 Å². The van der Waals surface area contributed by atoms with Crippen molar-refractivity contribution in [1.82, 2.24) is 0 Å². The molecule has 2 heterocycles. The monoisotopic (exact) mass is 477 g/mol. The highest BCUT2D eigenvalue weighted by molar-refractivity contribution is 7.08. The maximum absolute atomic E-state index is 11.7. The molecular weight excluding hydrogens is 450 g/mol. The Labute approximate surface area is 198 Å². The second-order valence-electron chi connectivity index (χ2n) is 7.56. The average Bonchev–Trinajstić information content (AvgIpc) is 3.45. The van der Waals surface area contributed by atoms with Crippen molar-refractivity contribution in [2.75, 3.05) is 6.54 Å². The van der Waals surface area contributed by atoms with Gasteiger partial charge in [-0.3, -0.25) is 4.79 Å². The Morgan fingerprint density at radius 3 is 2.10 bits per heavy atom. The average molecular weight is 478 g/mol. The van der Waals surface area contributed by atoms with Gasteiger partial charge in [0.1, 0.15) is 17.9 Å². The Bertz CT molecular complexity index is 915. The number of ether oxygens (including phenoxy) is 1. The summed E-state index contributed by atoms with van der Waals surface area (Å²) < 4.78 is 5.30. The van der Waals surface area contributed by atoms with Gasteiger partial charge in [0.15, 0.2) is 0 Å². The molecule has 0 aliphatic carbocycles. The first-order valence-corrected chi connectivity index (χ1v) is 11.9. The predicted octanol–water partition coefficient (Wildman–Crippen LogP) is 1.49. The lowest BCUT2D eigenvalue weighted by Gasteiger charge is -2.18. The highest BCUT2D eigenvalue weighted by atomic mass is 35.5. The van der Waals surface area contributed by atoms with Gasteiger partial charge >= 0.3 is 5.97 Å². The van der Waals surface area contributed by atoms with Crippen LogP contribution in [0.3, 0.4) is 0 Å². The highest BCUT2D eigenvalue weighted by Gasteiger charge is 2.19. The van der Waals surface area contributed by atoms with E-state index >= 15 is 0 Å². The fourth-order valence-electron chi connectivity index (χ4n) is 3.04. The molecule has 166 valence electrons. The Balaban J connectivity index is 0.00000341. The largest absolute Gasteiger partial charge is 1.00 e. The first kappa shape index (κ1) is 25.3. The van der Waals surface area contributed by atoms with Crippen molar-refractivity contribution in [3.63, 3.8) is 0 Å². The molecule has 0 radical (unpaired) electrons. The lowest BCUT2D eigenvalue weighted by atomic mass is 10.0. The topological polar surface area (TPSA) is 63.1 Å². The quantitative estimate of drug-likeness (QED) is 0.362. The molecule has 0 aliphatic heterocycles. The van der Waals surface area contributed by atoms with Crippen LogP contribution < -0.4 is 22.5 Å². The maximum atomic E-state index is 11.7. The molecule has 4 nitrogen and oxygen atoms in total. The zero-order chi connectivity index (χ0) is 21.5. The van der Waals surface area contributed by atoms with Gasteiger partial charge in [0.25, 0.3) is 0 Å². The summed E-state index contributed by atoms with van der Waals surface area (Å²) in [6, 6.07) is 11.4. The lowest BCUT2D eigenvalue weighted by Crippen LogP contribution is -3.00. The lowest BCUT2D eigenvalue weighted by molar-refractivity contribution is -0.686. The van der Waals surface area contributed by atoms with Crippen LogP contribution in [0.1, 0.15) is 43.6 Å². The fraction of sp³-hybridized carbons (Fsp3) is 0.292. The summed E-state index contributed by atoms with van der Waals surface area (Å²) in [4.78, 5) is 11.7. The molecule has 0 fully saturated rings. The molecule has 0 bridgehead atoms.